The molecule has 2 aromatic heterocycles. The van der Waals surface area contributed by atoms with Gasteiger partial charge in [-0.25, -0.2) is 9.97 Å². The van der Waals surface area contributed by atoms with E-state index in [1.165, 1.54) is 0 Å². The molecule has 3 rings (SSSR count). The number of hydrogen-bond donors (Lipinski definition) is 0. The molecule has 0 aliphatic carbocycles. The summed E-state index contributed by atoms with van der Waals surface area (Å²) >= 11 is 0. The van der Waals surface area contributed by atoms with Gasteiger partial charge in [0.2, 0.25) is 0 Å². The molecule has 1 unspecified atom stereocenters. The molecule has 2 aromatic rings. The molecule has 0 N–H and O–H groups in total. The van der Waals surface area contributed by atoms with Gasteiger partial charge in [-0.05, 0) is 13.3 Å². The number of ether oxygens (including phenoxy) is 1. The Labute approximate surface area is 154 Å². The summed E-state index contributed by atoms with van der Waals surface area (Å²) in [6.07, 6.45) is 8.35. The third-order valence-corrected chi connectivity index (χ3v) is 4.86. The topological polar surface area (TPSA) is 68.4 Å². The van der Waals surface area contributed by atoms with Crippen LogP contribution in [0.5, 0.6) is 0 Å². The zero-order chi connectivity index (χ0) is 18.5. The molecule has 1 fully saturated rings. The number of morpholine rings is 1. The average molecular weight is 360 g/mol. The predicted octanol–water partition coefficient (Wildman–Crippen LogP) is 0.513. The van der Waals surface area contributed by atoms with E-state index in [9.17, 15) is 4.79 Å². The zero-order valence-corrected chi connectivity index (χ0v) is 15.8. The average Bonchev–Trinajstić information content (AvgIpc) is 3.03. The molecule has 0 spiro atoms. The smallest absolute Gasteiger partial charge is 0.293 e. The van der Waals surface area contributed by atoms with Gasteiger partial charge in [-0.3, -0.25) is 9.69 Å². The lowest BCUT2D eigenvalue weighted by atomic mass is 10.2. The van der Waals surface area contributed by atoms with Gasteiger partial charge in [-0.1, -0.05) is 0 Å². The van der Waals surface area contributed by atoms with Gasteiger partial charge in [0.25, 0.3) is 5.56 Å². The third-order valence-electron chi connectivity index (χ3n) is 4.86. The van der Waals surface area contributed by atoms with Crippen molar-refractivity contribution in [1.29, 1.82) is 0 Å². The van der Waals surface area contributed by atoms with Crippen molar-refractivity contribution in [1.82, 2.24) is 24.0 Å². The second-order valence-electron chi connectivity index (χ2n) is 6.86. The van der Waals surface area contributed by atoms with Gasteiger partial charge in [-0.15, -0.1) is 0 Å². The number of aryl methyl sites for hydroxylation is 3. The highest BCUT2D eigenvalue weighted by atomic mass is 16.5. The molecule has 0 saturated carbocycles. The maximum atomic E-state index is 12.2. The monoisotopic (exact) mass is 360 g/mol. The van der Waals surface area contributed by atoms with Gasteiger partial charge in [0.15, 0.2) is 5.82 Å². The van der Waals surface area contributed by atoms with Crippen LogP contribution in [0, 0.1) is 6.92 Å². The summed E-state index contributed by atoms with van der Waals surface area (Å²) in [5.74, 6) is 1.52. The van der Waals surface area contributed by atoms with E-state index in [4.69, 9.17) is 4.74 Å². The van der Waals surface area contributed by atoms with Crippen molar-refractivity contribution < 1.29 is 4.74 Å². The van der Waals surface area contributed by atoms with Crippen LogP contribution in [0.4, 0.5) is 5.82 Å². The molecule has 142 valence electrons. The Morgan fingerprint density at radius 3 is 2.85 bits per heavy atom. The standard InChI is InChI=1S/C18H28N6O2/c1-15-19-6-10-24(15)8-4-7-23-11-12-26-16(14-23)13-22(3)17-18(25)21(2)9-5-20-17/h5-6,9-10,16H,4,7-8,11-14H2,1-3H3. The lowest BCUT2D eigenvalue weighted by Crippen LogP contribution is -2.48. The van der Waals surface area contributed by atoms with Gasteiger partial charge in [0.1, 0.15) is 5.82 Å². The van der Waals surface area contributed by atoms with Crippen LogP contribution in [0.2, 0.25) is 0 Å². The van der Waals surface area contributed by atoms with Gasteiger partial charge in [-0.2, -0.15) is 0 Å². The molecule has 8 nitrogen and oxygen atoms in total. The maximum Gasteiger partial charge on any atom is 0.293 e. The van der Waals surface area contributed by atoms with E-state index in [2.05, 4.69) is 19.4 Å². The van der Waals surface area contributed by atoms with E-state index in [0.29, 0.717) is 12.4 Å². The fourth-order valence-electron chi connectivity index (χ4n) is 3.34. The first-order chi connectivity index (χ1) is 12.5. The first-order valence-electron chi connectivity index (χ1n) is 9.09. The summed E-state index contributed by atoms with van der Waals surface area (Å²) in [5, 5.41) is 0. The molecular formula is C18H28N6O2. The highest BCUT2D eigenvalue weighted by Gasteiger charge is 2.22. The molecule has 26 heavy (non-hydrogen) atoms. The van der Waals surface area contributed by atoms with Gasteiger partial charge >= 0.3 is 0 Å². The van der Waals surface area contributed by atoms with Gasteiger partial charge in [0, 0.05) is 71.6 Å². The van der Waals surface area contributed by atoms with Crippen LogP contribution in [0.1, 0.15) is 12.2 Å². The Morgan fingerprint density at radius 1 is 1.27 bits per heavy atom. The number of nitrogens with zero attached hydrogens (tertiary/aromatic N) is 6. The number of rotatable bonds is 7. The molecule has 1 aliphatic heterocycles. The van der Waals surface area contributed by atoms with E-state index < -0.39 is 0 Å². The van der Waals surface area contributed by atoms with Crippen molar-refractivity contribution in [3.8, 4) is 0 Å². The van der Waals surface area contributed by atoms with E-state index in [0.717, 1.165) is 45.0 Å². The van der Waals surface area contributed by atoms with Crippen molar-refractivity contribution in [3.63, 3.8) is 0 Å². The highest BCUT2D eigenvalue weighted by Crippen LogP contribution is 2.10. The van der Waals surface area contributed by atoms with Gasteiger partial charge < -0.3 is 18.8 Å². The molecule has 0 amide bonds. The fraction of sp³-hybridized carbons (Fsp3) is 0.611. The normalized spacial score (nSPS) is 18.2. The third kappa shape index (κ3) is 4.50. The molecule has 1 aliphatic rings. The highest BCUT2D eigenvalue weighted by molar-refractivity contribution is 5.34. The lowest BCUT2D eigenvalue weighted by Gasteiger charge is -2.35. The predicted molar refractivity (Wildman–Crippen MR) is 101 cm³/mol. The van der Waals surface area contributed by atoms with E-state index in [1.807, 2.05) is 31.3 Å². The molecule has 1 atom stereocenters. The quantitative estimate of drug-likeness (QED) is 0.717. The number of aromatic nitrogens is 4. The van der Waals surface area contributed by atoms with Crippen molar-refractivity contribution in [3.05, 3.63) is 41.0 Å². The molecule has 3 heterocycles. The summed E-state index contributed by atoms with van der Waals surface area (Å²) in [5.41, 5.74) is -0.0848. The number of imidazole rings is 1. The summed E-state index contributed by atoms with van der Waals surface area (Å²) < 4.78 is 9.64. The minimum atomic E-state index is -0.0848. The van der Waals surface area contributed by atoms with Crippen molar-refractivity contribution >= 4 is 5.82 Å². The zero-order valence-electron chi connectivity index (χ0n) is 15.8. The SMILES string of the molecule is Cc1nccn1CCCN1CCOC(CN(C)c2nccn(C)c2=O)C1. The van der Waals surface area contributed by atoms with Crippen LogP contribution in [-0.4, -0.2) is 69.9 Å². The van der Waals surface area contributed by atoms with Crippen LogP contribution in [0.15, 0.2) is 29.6 Å². The summed E-state index contributed by atoms with van der Waals surface area (Å²) in [6, 6.07) is 0. The second kappa shape index (κ2) is 8.46. The van der Waals surface area contributed by atoms with E-state index in [-0.39, 0.29) is 11.7 Å². The molecule has 0 aromatic carbocycles. The van der Waals surface area contributed by atoms with E-state index >= 15 is 0 Å². The minimum Gasteiger partial charge on any atom is -0.374 e. The van der Waals surface area contributed by atoms with Crippen molar-refractivity contribution in [2.24, 2.45) is 7.05 Å². The Bertz CT molecular complexity index is 771. The van der Waals surface area contributed by atoms with Crippen LogP contribution in [-0.2, 0) is 18.3 Å². The first-order valence-corrected chi connectivity index (χ1v) is 9.09. The van der Waals surface area contributed by atoms with Crippen molar-refractivity contribution in [2.45, 2.75) is 26.0 Å². The molecule has 0 radical (unpaired) electrons. The largest absolute Gasteiger partial charge is 0.374 e. The Kier molecular flexibility index (Phi) is 6.05. The van der Waals surface area contributed by atoms with Gasteiger partial charge in [0.05, 0.1) is 12.7 Å². The van der Waals surface area contributed by atoms with Crippen LogP contribution < -0.4 is 10.5 Å². The molecule has 1 saturated heterocycles. The molecule has 0 bridgehead atoms. The molecule has 8 heteroatoms. The number of anilines is 1. The first kappa shape index (κ1) is 18.6. The summed E-state index contributed by atoms with van der Waals surface area (Å²) in [4.78, 5) is 25.0. The van der Waals surface area contributed by atoms with Crippen molar-refractivity contribution in [2.75, 3.05) is 44.7 Å². The van der Waals surface area contributed by atoms with Crippen LogP contribution in [0.25, 0.3) is 0 Å². The fourth-order valence-corrected chi connectivity index (χ4v) is 3.34. The summed E-state index contributed by atoms with van der Waals surface area (Å²) in [7, 11) is 3.63. The maximum absolute atomic E-state index is 12.2. The summed E-state index contributed by atoms with van der Waals surface area (Å²) in [6.45, 7) is 7.26. The Balaban J connectivity index is 1.49. The Hall–Kier alpha value is -2.19. The number of hydrogen-bond acceptors (Lipinski definition) is 6. The molecular weight excluding hydrogens is 332 g/mol. The number of likely N-dealkylation sites (N-methyl/N-ethyl adjacent to an activating group) is 1. The second-order valence-corrected chi connectivity index (χ2v) is 6.86. The van der Waals surface area contributed by atoms with E-state index in [1.54, 1.807) is 24.0 Å². The Morgan fingerprint density at radius 2 is 2.08 bits per heavy atom. The van der Waals surface area contributed by atoms with Crippen LogP contribution >= 0.6 is 0 Å². The lowest BCUT2D eigenvalue weighted by molar-refractivity contribution is -0.0241. The van der Waals surface area contributed by atoms with Crippen LogP contribution in [0.3, 0.4) is 0 Å². The minimum absolute atomic E-state index is 0.0791.